The summed E-state index contributed by atoms with van der Waals surface area (Å²) >= 11 is 0. The van der Waals surface area contributed by atoms with Crippen molar-refractivity contribution in [2.45, 2.75) is 25.6 Å². The van der Waals surface area contributed by atoms with Crippen molar-refractivity contribution < 1.29 is 31.8 Å². The Labute approximate surface area is 165 Å². The lowest BCUT2D eigenvalue weighted by Gasteiger charge is -2.33. The van der Waals surface area contributed by atoms with Crippen LogP contribution < -0.4 is 4.74 Å². The number of halogens is 5. The molecule has 29 heavy (non-hydrogen) atoms. The lowest BCUT2D eigenvalue weighted by atomic mass is 9.83. The molecule has 0 spiro atoms. The number of aliphatic imine (C=N–C) groups is 1. The van der Waals surface area contributed by atoms with E-state index in [0.717, 1.165) is 19.2 Å². The highest BCUT2D eigenvalue weighted by Crippen LogP contribution is 2.50. The quantitative estimate of drug-likeness (QED) is 0.422. The molecule has 0 bridgehead atoms. The van der Waals surface area contributed by atoms with Crippen LogP contribution >= 0.6 is 0 Å². The zero-order valence-electron chi connectivity index (χ0n) is 16.3. The second-order valence-electron chi connectivity index (χ2n) is 6.46. The monoisotopic (exact) mass is 416 g/mol. The maximum atomic E-state index is 14.3. The molecule has 2 aromatic carbocycles. The zero-order valence-corrected chi connectivity index (χ0v) is 16.3. The number of methoxy groups -OCH3 is 1. The first kappa shape index (κ1) is 22.6. The SMILES string of the molecule is CCN(C)/C=N/c1cc(OC)c(C(O)(c2c(F)cccc2F)C(F)(F)F)cc1C. The second-order valence-corrected chi connectivity index (χ2v) is 6.46. The van der Waals surface area contributed by atoms with E-state index < -0.39 is 40.3 Å². The van der Waals surface area contributed by atoms with Gasteiger partial charge in [-0.1, -0.05) is 6.07 Å². The van der Waals surface area contributed by atoms with Gasteiger partial charge in [0.15, 0.2) is 0 Å². The van der Waals surface area contributed by atoms with Gasteiger partial charge in [-0.25, -0.2) is 13.8 Å². The van der Waals surface area contributed by atoms with E-state index in [2.05, 4.69) is 4.99 Å². The van der Waals surface area contributed by atoms with Crippen molar-refractivity contribution in [1.82, 2.24) is 4.90 Å². The molecule has 0 amide bonds. The number of rotatable bonds is 6. The highest BCUT2D eigenvalue weighted by molar-refractivity contribution is 5.66. The van der Waals surface area contributed by atoms with Gasteiger partial charge in [0.05, 0.1) is 24.7 Å². The number of alkyl halides is 3. The third kappa shape index (κ3) is 4.19. The van der Waals surface area contributed by atoms with Crippen molar-refractivity contribution in [3.63, 3.8) is 0 Å². The first-order valence-electron chi connectivity index (χ1n) is 8.64. The predicted molar refractivity (Wildman–Crippen MR) is 99.6 cm³/mol. The Hall–Kier alpha value is -2.68. The molecule has 0 saturated carbocycles. The van der Waals surface area contributed by atoms with Gasteiger partial charge in [-0.15, -0.1) is 0 Å². The van der Waals surface area contributed by atoms with Crippen LogP contribution in [0.15, 0.2) is 35.3 Å². The summed E-state index contributed by atoms with van der Waals surface area (Å²) in [6.45, 7) is 4.00. The lowest BCUT2D eigenvalue weighted by molar-refractivity contribution is -0.250. The summed E-state index contributed by atoms with van der Waals surface area (Å²) in [6, 6.07) is 4.35. The highest BCUT2D eigenvalue weighted by Gasteiger charge is 2.60. The number of aliphatic hydroxyl groups is 1. The van der Waals surface area contributed by atoms with Crippen LogP contribution in [0.2, 0.25) is 0 Å². The minimum atomic E-state index is -5.44. The van der Waals surface area contributed by atoms with Crippen molar-refractivity contribution in [2.75, 3.05) is 20.7 Å². The molecule has 1 N–H and O–H groups in total. The molecule has 0 aliphatic heterocycles. The van der Waals surface area contributed by atoms with Gasteiger partial charge in [-0.05, 0) is 37.6 Å². The fourth-order valence-electron chi connectivity index (χ4n) is 2.78. The molecule has 0 aliphatic rings. The predicted octanol–water partition coefficient (Wildman–Crippen LogP) is 4.69. The highest BCUT2D eigenvalue weighted by atomic mass is 19.4. The van der Waals surface area contributed by atoms with Crippen molar-refractivity contribution in [3.8, 4) is 5.75 Å². The van der Waals surface area contributed by atoms with E-state index in [0.29, 0.717) is 18.7 Å². The summed E-state index contributed by atoms with van der Waals surface area (Å²) in [5, 5.41) is 10.7. The molecule has 0 aliphatic carbocycles. The fraction of sp³-hybridized carbons (Fsp3) is 0.350. The van der Waals surface area contributed by atoms with E-state index >= 15 is 0 Å². The van der Waals surface area contributed by atoms with Crippen molar-refractivity contribution >= 4 is 12.0 Å². The Balaban J connectivity index is 2.79. The molecule has 2 aromatic rings. The smallest absolute Gasteiger partial charge is 0.426 e. The molecule has 0 fully saturated rings. The third-order valence-corrected chi connectivity index (χ3v) is 4.54. The minimum Gasteiger partial charge on any atom is -0.496 e. The van der Waals surface area contributed by atoms with E-state index in [-0.39, 0.29) is 11.3 Å². The summed E-state index contributed by atoms with van der Waals surface area (Å²) in [4.78, 5) is 5.92. The summed E-state index contributed by atoms with van der Waals surface area (Å²) in [5.74, 6) is -3.48. The van der Waals surface area contributed by atoms with E-state index in [4.69, 9.17) is 4.74 Å². The Kier molecular flexibility index (Phi) is 6.52. The van der Waals surface area contributed by atoms with Gasteiger partial charge < -0.3 is 14.7 Å². The average Bonchev–Trinajstić information content (AvgIpc) is 2.65. The summed E-state index contributed by atoms with van der Waals surface area (Å²) in [6.07, 6.45) is -3.96. The maximum absolute atomic E-state index is 14.3. The lowest BCUT2D eigenvalue weighted by Crippen LogP contribution is -2.45. The van der Waals surface area contributed by atoms with Crippen LogP contribution in [0.3, 0.4) is 0 Å². The summed E-state index contributed by atoms with van der Waals surface area (Å²) in [7, 11) is 2.85. The molecular formula is C20H21F5N2O2. The molecule has 0 radical (unpaired) electrons. The average molecular weight is 416 g/mol. The number of hydrogen-bond acceptors (Lipinski definition) is 3. The van der Waals surface area contributed by atoms with Gasteiger partial charge in [-0.3, -0.25) is 0 Å². The second kappa shape index (κ2) is 8.36. The fourth-order valence-corrected chi connectivity index (χ4v) is 2.78. The van der Waals surface area contributed by atoms with Crippen LogP contribution in [-0.4, -0.2) is 43.2 Å². The number of ether oxygens (including phenoxy) is 1. The molecular weight excluding hydrogens is 395 g/mol. The van der Waals surface area contributed by atoms with Crippen LogP contribution in [0.25, 0.3) is 0 Å². The van der Waals surface area contributed by atoms with E-state index in [1.165, 1.54) is 19.3 Å². The Morgan fingerprint density at radius 3 is 2.24 bits per heavy atom. The van der Waals surface area contributed by atoms with Gasteiger partial charge in [0.2, 0.25) is 5.60 Å². The molecule has 4 nitrogen and oxygen atoms in total. The number of nitrogens with zero attached hydrogens (tertiary/aromatic N) is 2. The van der Waals surface area contributed by atoms with E-state index in [1.807, 2.05) is 6.92 Å². The number of hydrogen-bond donors (Lipinski definition) is 1. The normalized spacial score (nSPS) is 14.1. The summed E-state index contributed by atoms with van der Waals surface area (Å²) < 4.78 is 75.6. The molecule has 0 aromatic heterocycles. The third-order valence-electron chi connectivity index (χ3n) is 4.54. The molecule has 1 unspecified atom stereocenters. The molecule has 0 saturated heterocycles. The molecule has 1 atom stereocenters. The summed E-state index contributed by atoms with van der Waals surface area (Å²) in [5.41, 5.74) is -5.80. The molecule has 0 heterocycles. The van der Waals surface area contributed by atoms with Crippen LogP contribution in [0, 0.1) is 18.6 Å². The van der Waals surface area contributed by atoms with Crippen molar-refractivity contribution in [1.29, 1.82) is 0 Å². The topological polar surface area (TPSA) is 45.1 Å². The Bertz CT molecular complexity index is 894. The van der Waals surface area contributed by atoms with Crippen LogP contribution in [-0.2, 0) is 5.60 Å². The maximum Gasteiger partial charge on any atom is 0.426 e. The van der Waals surface area contributed by atoms with Gasteiger partial charge in [0.1, 0.15) is 17.4 Å². The van der Waals surface area contributed by atoms with Gasteiger partial charge >= 0.3 is 6.18 Å². The first-order chi connectivity index (χ1) is 13.5. The largest absolute Gasteiger partial charge is 0.496 e. The van der Waals surface area contributed by atoms with Crippen LogP contribution in [0.1, 0.15) is 23.6 Å². The zero-order chi connectivity index (χ0) is 22.0. The standard InChI is InChI=1S/C20H21F5N2O2/c1-5-27(3)11-26-16-10-17(29-4)13(9-12(16)2)19(28,20(23,24)25)18-14(21)7-6-8-15(18)22/h6-11,28H,5H2,1-4H3/b26-11+. The number of aryl methyl sites for hydroxylation is 1. The van der Waals surface area contributed by atoms with Gasteiger partial charge in [-0.2, -0.15) is 13.2 Å². The Morgan fingerprint density at radius 1 is 1.17 bits per heavy atom. The van der Waals surface area contributed by atoms with E-state index in [1.54, 1.807) is 11.9 Å². The molecule has 2 rings (SSSR count). The molecule has 158 valence electrons. The minimum absolute atomic E-state index is 0.251. The first-order valence-corrected chi connectivity index (χ1v) is 8.64. The Morgan fingerprint density at radius 2 is 1.76 bits per heavy atom. The van der Waals surface area contributed by atoms with Gasteiger partial charge in [0.25, 0.3) is 0 Å². The van der Waals surface area contributed by atoms with Gasteiger partial charge in [0, 0.05) is 25.2 Å². The number of benzene rings is 2. The van der Waals surface area contributed by atoms with Crippen molar-refractivity contribution in [3.05, 3.63) is 58.7 Å². The van der Waals surface area contributed by atoms with Crippen molar-refractivity contribution in [2.24, 2.45) is 4.99 Å². The van der Waals surface area contributed by atoms with Crippen LogP contribution in [0.5, 0.6) is 5.75 Å². The van der Waals surface area contributed by atoms with Crippen LogP contribution in [0.4, 0.5) is 27.6 Å². The van der Waals surface area contributed by atoms with E-state index in [9.17, 15) is 27.1 Å². The molecule has 9 heteroatoms.